The summed E-state index contributed by atoms with van der Waals surface area (Å²) in [5.74, 6) is -0.341. The second kappa shape index (κ2) is 7.18. The normalized spacial score (nSPS) is 15.5. The first kappa shape index (κ1) is 17.8. The van der Waals surface area contributed by atoms with Crippen molar-refractivity contribution < 1.29 is 9.59 Å². The minimum absolute atomic E-state index is 0.0785. The van der Waals surface area contributed by atoms with Gasteiger partial charge in [-0.25, -0.2) is 0 Å². The molecule has 136 valence electrons. The minimum Gasteiger partial charge on any atom is -0.320 e. The van der Waals surface area contributed by atoms with Gasteiger partial charge in [-0.05, 0) is 54.6 Å². The van der Waals surface area contributed by atoms with E-state index >= 15 is 0 Å². The number of fused-ring (bicyclic) bond motifs is 1. The Labute approximate surface area is 166 Å². The van der Waals surface area contributed by atoms with E-state index in [1.165, 1.54) is 16.9 Å². The highest BCUT2D eigenvalue weighted by atomic mass is 35.5. The highest BCUT2D eigenvalue weighted by Crippen LogP contribution is 2.34. The van der Waals surface area contributed by atoms with Gasteiger partial charge in [-0.3, -0.25) is 9.59 Å². The number of para-hydroxylation sites is 1. The summed E-state index contributed by atoms with van der Waals surface area (Å²) in [6.07, 6.45) is 0.831. The standard InChI is InChI=1S/C21H17ClN2O2S/c1-13-11-14-5-2-3-6-18(14)24(13)21(26)15-8-9-16(22)17(12-15)23-20(25)19-7-4-10-27-19/h2-10,12-13H,11H2,1H3,(H,23,25). The van der Waals surface area contributed by atoms with Gasteiger partial charge >= 0.3 is 0 Å². The number of hydrogen-bond donors (Lipinski definition) is 1. The second-order valence-electron chi connectivity index (χ2n) is 6.48. The maximum absolute atomic E-state index is 13.2. The van der Waals surface area contributed by atoms with Crippen LogP contribution in [0.25, 0.3) is 0 Å². The van der Waals surface area contributed by atoms with Crippen molar-refractivity contribution in [2.24, 2.45) is 0 Å². The highest BCUT2D eigenvalue weighted by molar-refractivity contribution is 7.12. The van der Waals surface area contributed by atoms with Gasteiger partial charge in [-0.15, -0.1) is 11.3 Å². The average molecular weight is 397 g/mol. The van der Waals surface area contributed by atoms with Crippen LogP contribution in [-0.4, -0.2) is 17.9 Å². The summed E-state index contributed by atoms with van der Waals surface area (Å²) in [7, 11) is 0. The molecule has 0 spiro atoms. The maximum Gasteiger partial charge on any atom is 0.265 e. The fourth-order valence-corrected chi connectivity index (χ4v) is 4.14. The van der Waals surface area contributed by atoms with Crippen molar-refractivity contribution in [3.8, 4) is 0 Å². The predicted octanol–water partition coefficient (Wildman–Crippen LogP) is 5.25. The quantitative estimate of drug-likeness (QED) is 0.657. The number of anilines is 2. The van der Waals surface area contributed by atoms with Gasteiger partial charge in [0, 0.05) is 17.3 Å². The molecule has 0 fully saturated rings. The zero-order valence-electron chi connectivity index (χ0n) is 14.6. The summed E-state index contributed by atoms with van der Waals surface area (Å²) in [6.45, 7) is 2.04. The molecule has 0 radical (unpaired) electrons. The zero-order chi connectivity index (χ0) is 19.0. The number of hydrogen-bond acceptors (Lipinski definition) is 3. The molecule has 1 N–H and O–H groups in total. The van der Waals surface area contributed by atoms with E-state index in [1.807, 2.05) is 47.5 Å². The summed E-state index contributed by atoms with van der Waals surface area (Å²) < 4.78 is 0. The Kier molecular flexibility index (Phi) is 4.72. The molecule has 0 bridgehead atoms. The third-order valence-electron chi connectivity index (χ3n) is 4.63. The molecule has 2 aromatic carbocycles. The lowest BCUT2D eigenvalue weighted by atomic mass is 10.1. The third kappa shape index (κ3) is 3.36. The van der Waals surface area contributed by atoms with Crippen molar-refractivity contribution >= 4 is 46.1 Å². The molecular weight excluding hydrogens is 380 g/mol. The number of carbonyl (C=O) groups excluding carboxylic acids is 2. The van der Waals surface area contributed by atoms with Crippen molar-refractivity contribution in [1.82, 2.24) is 0 Å². The first-order chi connectivity index (χ1) is 13.0. The molecule has 3 aromatic rings. The van der Waals surface area contributed by atoms with Gasteiger partial charge in [0.15, 0.2) is 0 Å². The Morgan fingerprint density at radius 3 is 2.74 bits per heavy atom. The van der Waals surface area contributed by atoms with Gasteiger partial charge in [-0.2, -0.15) is 0 Å². The molecule has 1 aliphatic rings. The SMILES string of the molecule is CC1Cc2ccccc2N1C(=O)c1ccc(Cl)c(NC(=O)c2cccs2)c1. The number of amides is 2. The van der Waals surface area contributed by atoms with Gasteiger partial charge in [0.25, 0.3) is 11.8 Å². The molecule has 1 atom stereocenters. The lowest BCUT2D eigenvalue weighted by Crippen LogP contribution is -2.35. The molecule has 4 nitrogen and oxygen atoms in total. The topological polar surface area (TPSA) is 49.4 Å². The summed E-state index contributed by atoms with van der Waals surface area (Å²) in [4.78, 5) is 27.9. The number of halogens is 1. The predicted molar refractivity (Wildman–Crippen MR) is 110 cm³/mol. The van der Waals surface area contributed by atoms with Crippen LogP contribution in [0.3, 0.4) is 0 Å². The van der Waals surface area contributed by atoms with Gasteiger partial charge < -0.3 is 10.2 Å². The molecule has 0 aliphatic carbocycles. The monoisotopic (exact) mass is 396 g/mol. The molecule has 0 saturated heterocycles. The molecule has 2 heterocycles. The van der Waals surface area contributed by atoms with Gasteiger partial charge in [-0.1, -0.05) is 35.9 Å². The maximum atomic E-state index is 13.2. The molecule has 2 amide bonds. The van der Waals surface area contributed by atoms with Crippen molar-refractivity contribution in [3.05, 3.63) is 81.0 Å². The number of nitrogens with zero attached hydrogens (tertiary/aromatic N) is 1. The molecular formula is C21H17ClN2O2S. The van der Waals surface area contributed by atoms with E-state index in [-0.39, 0.29) is 17.9 Å². The zero-order valence-corrected chi connectivity index (χ0v) is 16.2. The summed E-state index contributed by atoms with van der Waals surface area (Å²) in [6, 6.07) is 16.5. The van der Waals surface area contributed by atoms with Crippen molar-refractivity contribution in [1.29, 1.82) is 0 Å². The van der Waals surface area contributed by atoms with E-state index in [2.05, 4.69) is 5.32 Å². The van der Waals surface area contributed by atoms with Crippen LogP contribution in [0.15, 0.2) is 60.0 Å². The number of carbonyl (C=O) groups is 2. The Balaban J connectivity index is 1.63. The fourth-order valence-electron chi connectivity index (χ4n) is 3.36. The van der Waals surface area contributed by atoms with Crippen LogP contribution < -0.4 is 10.2 Å². The van der Waals surface area contributed by atoms with Crippen LogP contribution in [0, 0.1) is 0 Å². The Bertz CT molecular complexity index is 1020. The number of nitrogens with one attached hydrogen (secondary N) is 1. The molecule has 1 aromatic heterocycles. The number of thiophene rings is 1. The molecule has 4 rings (SSSR count). The van der Waals surface area contributed by atoms with Crippen molar-refractivity contribution in [2.75, 3.05) is 10.2 Å². The lowest BCUT2D eigenvalue weighted by Gasteiger charge is -2.23. The summed E-state index contributed by atoms with van der Waals surface area (Å²) in [5, 5.41) is 5.03. The molecule has 1 unspecified atom stereocenters. The number of rotatable bonds is 3. The Morgan fingerprint density at radius 2 is 1.96 bits per heavy atom. The second-order valence-corrected chi connectivity index (χ2v) is 7.84. The summed E-state index contributed by atoms with van der Waals surface area (Å²) >= 11 is 7.59. The van der Waals surface area contributed by atoms with Crippen LogP contribution in [0.5, 0.6) is 0 Å². The largest absolute Gasteiger partial charge is 0.320 e. The Hall–Kier alpha value is -2.63. The van der Waals surface area contributed by atoms with Crippen LogP contribution in [-0.2, 0) is 6.42 Å². The van der Waals surface area contributed by atoms with E-state index in [0.717, 1.165) is 12.1 Å². The first-order valence-electron chi connectivity index (χ1n) is 8.60. The van der Waals surface area contributed by atoms with Crippen molar-refractivity contribution in [3.63, 3.8) is 0 Å². The highest BCUT2D eigenvalue weighted by Gasteiger charge is 2.31. The van der Waals surface area contributed by atoms with Crippen LogP contribution in [0.1, 0.15) is 32.5 Å². The van der Waals surface area contributed by atoms with Gasteiger partial charge in [0.05, 0.1) is 15.6 Å². The average Bonchev–Trinajstić information content (AvgIpc) is 3.30. The minimum atomic E-state index is -0.239. The van der Waals surface area contributed by atoms with E-state index in [0.29, 0.717) is 21.2 Å². The van der Waals surface area contributed by atoms with E-state index in [9.17, 15) is 9.59 Å². The van der Waals surface area contributed by atoms with Crippen LogP contribution in [0.2, 0.25) is 5.02 Å². The molecule has 0 saturated carbocycles. The Morgan fingerprint density at radius 1 is 1.15 bits per heavy atom. The fraction of sp³-hybridized carbons (Fsp3) is 0.143. The van der Waals surface area contributed by atoms with Gasteiger partial charge in [0.1, 0.15) is 0 Å². The van der Waals surface area contributed by atoms with Gasteiger partial charge in [0.2, 0.25) is 0 Å². The smallest absolute Gasteiger partial charge is 0.265 e. The first-order valence-corrected chi connectivity index (χ1v) is 9.86. The summed E-state index contributed by atoms with van der Waals surface area (Å²) in [5.41, 5.74) is 3.03. The van der Waals surface area contributed by atoms with Crippen LogP contribution in [0.4, 0.5) is 11.4 Å². The third-order valence-corrected chi connectivity index (χ3v) is 5.83. The lowest BCUT2D eigenvalue weighted by molar-refractivity contribution is 0.0979. The number of benzene rings is 2. The van der Waals surface area contributed by atoms with E-state index in [1.54, 1.807) is 24.3 Å². The van der Waals surface area contributed by atoms with Crippen LogP contribution >= 0.6 is 22.9 Å². The van der Waals surface area contributed by atoms with E-state index in [4.69, 9.17) is 11.6 Å². The molecule has 1 aliphatic heterocycles. The molecule has 6 heteroatoms. The molecule has 27 heavy (non-hydrogen) atoms. The van der Waals surface area contributed by atoms with Crippen molar-refractivity contribution in [2.45, 2.75) is 19.4 Å². The van der Waals surface area contributed by atoms with E-state index < -0.39 is 0 Å².